The van der Waals surface area contributed by atoms with Crippen molar-refractivity contribution < 1.29 is 8.78 Å². The minimum absolute atomic E-state index is 0.0956. The van der Waals surface area contributed by atoms with Crippen LogP contribution in [0.1, 0.15) is 44.6 Å². The standard InChI is InChI=1S/C15H19ClF2N2/c1-2-3-8-20-9-4-5-14(20)19-11-6-7-13(16)12(10-11)15(17)18/h6-7,10,15H,2-5,8-9H2,1H3/b19-14-. The van der Waals surface area contributed by atoms with Crippen LogP contribution in [0, 0.1) is 0 Å². The maximum atomic E-state index is 12.8. The highest BCUT2D eigenvalue weighted by Gasteiger charge is 2.18. The van der Waals surface area contributed by atoms with Crippen molar-refractivity contribution in [1.82, 2.24) is 4.90 Å². The minimum atomic E-state index is -2.57. The molecule has 0 N–H and O–H groups in total. The maximum absolute atomic E-state index is 12.8. The zero-order chi connectivity index (χ0) is 14.5. The molecule has 0 saturated carbocycles. The third kappa shape index (κ3) is 3.69. The Morgan fingerprint density at radius 3 is 2.90 bits per heavy atom. The molecule has 0 amide bonds. The van der Waals surface area contributed by atoms with Crippen LogP contribution < -0.4 is 0 Å². The normalized spacial score (nSPS) is 17.4. The van der Waals surface area contributed by atoms with E-state index < -0.39 is 6.43 Å². The molecule has 0 spiro atoms. The lowest BCUT2D eigenvalue weighted by Gasteiger charge is -2.18. The van der Waals surface area contributed by atoms with Crippen LogP contribution in [0.2, 0.25) is 5.02 Å². The average molecular weight is 301 g/mol. The summed E-state index contributed by atoms with van der Waals surface area (Å²) >= 11 is 5.77. The molecule has 20 heavy (non-hydrogen) atoms. The van der Waals surface area contributed by atoms with Crippen LogP contribution in [-0.2, 0) is 0 Å². The lowest BCUT2D eigenvalue weighted by Crippen LogP contribution is -2.25. The fourth-order valence-electron chi connectivity index (χ4n) is 2.35. The SMILES string of the molecule is CCCCN1CCC/C1=N/c1ccc(Cl)c(C(F)F)c1. The first-order valence-electron chi connectivity index (χ1n) is 7.02. The highest BCUT2D eigenvalue weighted by atomic mass is 35.5. The Morgan fingerprint density at radius 2 is 2.20 bits per heavy atom. The molecule has 1 aliphatic heterocycles. The van der Waals surface area contributed by atoms with Crippen molar-refractivity contribution in [3.63, 3.8) is 0 Å². The second-order valence-corrected chi connectivity index (χ2v) is 5.39. The molecule has 0 radical (unpaired) electrons. The fourth-order valence-corrected chi connectivity index (χ4v) is 2.55. The van der Waals surface area contributed by atoms with E-state index in [9.17, 15) is 8.78 Å². The summed E-state index contributed by atoms with van der Waals surface area (Å²) in [5, 5.41) is 0.0956. The van der Waals surface area contributed by atoms with Gasteiger partial charge < -0.3 is 4.90 Å². The third-order valence-electron chi connectivity index (χ3n) is 3.45. The monoisotopic (exact) mass is 300 g/mol. The van der Waals surface area contributed by atoms with Gasteiger partial charge in [0.05, 0.1) is 5.69 Å². The lowest BCUT2D eigenvalue weighted by atomic mass is 10.2. The zero-order valence-corrected chi connectivity index (χ0v) is 12.3. The molecule has 0 aromatic heterocycles. The van der Waals surface area contributed by atoms with E-state index in [4.69, 9.17) is 11.6 Å². The summed E-state index contributed by atoms with van der Waals surface area (Å²) in [5.74, 6) is 1.00. The Labute approximate surface area is 123 Å². The van der Waals surface area contributed by atoms with Crippen LogP contribution in [0.4, 0.5) is 14.5 Å². The topological polar surface area (TPSA) is 15.6 Å². The Bertz CT molecular complexity index is 489. The molecular formula is C15H19ClF2N2. The van der Waals surface area contributed by atoms with E-state index in [-0.39, 0.29) is 10.6 Å². The molecule has 0 bridgehead atoms. The second kappa shape index (κ2) is 7.02. The maximum Gasteiger partial charge on any atom is 0.265 e. The Balaban J connectivity index is 2.19. The molecule has 1 aromatic rings. The van der Waals surface area contributed by atoms with Gasteiger partial charge in [-0.2, -0.15) is 0 Å². The zero-order valence-electron chi connectivity index (χ0n) is 11.6. The van der Waals surface area contributed by atoms with Crippen molar-refractivity contribution in [2.24, 2.45) is 4.99 Å². The van der Waals surface area contributed by atoms with Gasteiger partial charge in [0.1, 0.15) is 5.84 Å². The van der Waals surface area contributed by atoms with Gasteiger partial charge in [-0.25, -0.2) is 13.8 Å². The van der Waals surface area contributed by atoms with Gasteiger partial charge in [0.15, 0.2) is 0 Å². The smallest absolute Gasteiger partial charge is 0.265 e. The summed E-state index contributed by atoms with van der Waals surface area (Å²) in [6.07, 6.45) is 1.69. The van der Waals surface area contributed by atoms with Crippen molar-refractivity contribution in [2.75, 3.05) is 13.1 Å². The van der Waals surface area contributed by atoms with Crippen LogP contribution in [-0.4, -0.2) is 23.8 Å². The predicted octanol–water partition coefficient (Wildman–Crippen LogP) is 5.20. The number of unbranched alkanes of at least 4 members (excludes halogenated alkanes) is 1. The van der Waals surface area contributed by atoms with Gasteiger partial charge in [-0.1, -0.05) is 24.9 Å². The number of benzene rings is 1. The van der Waals surface area contributed by atoms with Gasteiger partial charge in [0, 0.05) is 30.1 Å². The van der Waals surface area contributed by atoms with Crippen molar-refractivity contribution in [1.29, 1.82) is 0 Å². The Morgan fingerprint density at radius 1 is 1.40 bits per heavy atom. The summed E-state index contributed by atoms with van der Waals surface area (Å²) < 4.78 is 25.6. The van der Waals surface area contributed by atoms with Crippen LogP contribution in [0.5, 0.6) is 0 Å². The number of amidine groups is 1. The molecular weight excluding hydrogens is 282 g/mol. The van der Waals surface area contributed by atoms with Crippen LogP contribution in [0.15, 0.2) is 23.2 Å². The number of hydrogen-bond donors (Lipinski definition) is 0. The van der Waals surface area contributed by atoms with Crippen molar-refractivity contribution in [3.8, 4) is 0 Å². The van der Waals surface area contributed by atoms with E-state index in [0.717, 1.165) is 44.6 Å². The largest absolute Gasteiger partial charge is 0.360 e. The summed E-state index contributed by atoms with van der Waals surface area (Å²) in [7, 11) is 0. The van der Waals surface area contributed by atoms with E-state index in [1.165, 1.54) is 12.1 Å². The van der Waals surface area contributed by atoms with Gasteiger partial charge in [-0.3, -0.25) is 0 Å². The van der Waals surface area contributed by atoms with Crippen LogP contribution in [0.25, 0.3) is 0 Å². The van der Waals surface area contributed by atoms with Crippen LogP contribution in [0.3, 0.4) is 0 Å². The fraction of sp³-hybridized carbons (Fsp3) is 0.533. The molecule has 1 fully saturated rings. The molecule has 1 aromatic carbocycles. The van der Waals surface area contributed by atoms with Gasteiger partial charge in [-0.05, 0) is 31.0 Å². The first-order valence-corrected chi connectivity index (χ1v) is 7.39. The summed E-state index contributed by atoms with van der Waals surface area (Å²) in [5.41, 5.74) is 0.412. The summed E-state index contributed by atoms with van der Waals surface area (Å²) in [6, 6.07) is 4.57. The van der Waals surface area contributed by atoms with E-state index in [2.05, 4.69) is 16.8 Å². The quantitative estimate of drug-likeness (QED) is 0.729. The first-order chi connectivity index (χ1) is 9.61. The highest BCUT2D eigenvalue weighted by Crippen LogP contribution is 2.31. The number of halogens is 3. The lowest BCUT2D eigenvalue weighted by molar-refractivity contribution is 0.151. The Kier molecular flexibility index (Phi) is 5.35. The predicted molar refractivity (Wildman–Crippen MR) is 79.2 cm³/mol. The molecule has 2 rings (SSSR count). The van der Waals surface area contributed by atoms with E-state index >= 15 is 0 Å². The third-order valence-corrected chi connectivity index (χ3v) is 3.79. The number of likely N-dealkylation sites (tertiary alicyclic amines) is 1. The van der Waals surface area contributed by atoms with E-state index in [1.807, 2.05) is 0 Å². The summed E-state index contributed by atoms with van der Waals surface area (Å²) in [6.45, 7) is 4.15. The molecule has 0 aliphatic carbocycles. The molecule has 0 atom stereocenters. The van der Waals surface area contributed by atoms with Gasteiger partial charge >= 0.3 is 0 Å². The number of alkyl halides is 2. The van der Waals surface area contributed by atoms with Gasteiger partial charge in [0.25, 0.3) is 6.43 Å². The summed E-state index contributed by atoms with van der Waals surface area (Å²) in [4.78, 5) is 6.78. The van der Waals surface area contributed by atoms with E-state index in [1.54, 1.807) is 6.07 Å². The molecule has 1 saturated heterocycles. The second-order valence-electron chi connectivity index (χ2n) is 4.98. The molecule has 1 aliphatic rings. The number of aliphatic imine (C=N–C) groups is 1. The van der Waals surface area contributed by atoms with Crippen LogP contribution >= 0.6 is 11.6 Å². The molecule has 0 unspecified atom stereocenters. The molecule has 2 nitrogen and oxygen atoms in total. The average Bonchev–Trinajstić information content (AvgIpc) is 2.85. The molecule has 5 heteroatoms. The molecule has 1 heterocycles. The number of hydrogen-bond acceptors (Lipinski definition) is 1. The minimum Gasteiger partial charge on any atom is -0.360 e. The first kappa shape index (κ1) is 15.2. The molecule has 110 valence electrons. The van der Waals surface area contributed by atoms with E-state index in [0.29, 0.717) is 5.69 Å². The Hall–Kier alpha value is -1.16. The number of nitrogens with zero attached hydrogens (tertiary/aromatic N) is 2. The van der Waals surface area contributed by atoms with Crippen molar-refractivity contribution in [2.45, 2.75) is 39.0 Å². The number of rotatable bonds is 5. The van der Waals surface area contributed by atoms with Gasteiger partial charge in [0.2, 0.25) is 0 Å². The van der Waals surface area contributed by atoms with Gasteiger partial charge in [-0.15, -0.1) is 0 Å². The van der Waals surface area contributed by atoms with Crippen molar-refractivity contribution in [3.05, 3.63) is 28.8 Å². The highest BCUT2D eigenvalue weighted by molar-refractivity contribution is 6.31. The van der Waals surface area contributed by atoms with Crippen molar-refractivity contribution >= 4 is 23.1 Å².